The van der Waals surface area contributed by atoms with Gasteiger partial charge in [0.1, 0.15) is 31.4 Å². The standard InChI is InChI=1S/C31H32N4O8S/c1-21-6-3-11-28(22(21)2)41-14-15-43-31(37)35-12-13-42-29-26(9-5-10-27(29)35)25-17-33-34(19-25)18-23-7-4-8-24(16-23)30(36)32-20-44(38,39)40/h3-11,16-17,19H,12-15,18,20H2,1-2H3,(H,32,36)(H,38,39,40). The third-order valence-corrected chi connectivity index (χ3v) is 7.59. The molecule has 13 heteroatoms. The molecule has 0 saturated carbocycles. The molecule has 2 heterocycles. The highest BCUT2D eigenvalue weighted by Gasteiger charge is 2.27. The van der Waals surface area contributed by atoms with Crippen LogP contribution in [0.2, 0.25) is 0 Å². The minimum Gasteiger partial charge on any atom is -0.490 e. The highest BCUT2D eigenvalue weighted by molar-refractivity contribution is 7.85. The number of rotatable bonds is 10. The van der Waals surface area contributed by atoms with Crippen molar-refractivity contribution in [2.75, 3.05) is 37.1 Å². The molecule has 1 aliphatic rings. The summed E-state index contributed by atoms with van der Waals surface area (Å²) in [4.78, 5) is 26.8. The van der Waals surface area contributed by atoms with Crippen LogP contribution in [0.25, 0.3) is 11.1 Å². The van der Waals surface area contributed by atoms with E-state index in [4.69, 9.17) is 18.8 Å². The van der Waals surface area contributed by atoms with Crippen molar-refractivity contribution in [3.8, 4) is 22.6 Å². The quantitative estimate of drug-likeness (QED) is 0.196. The van der Waals surface area contributed by atoms with Crippen molar-refractivity contribution in [1.82, 2.24) is 15.1 Å². The summed E-state index contributed by atoms with van der Waals surface area (Å²) in [6.07, 6.45) is 3.02. The van der Waals surface area contributed by atoms with Crippen LogP contribution in [0.5, 0.6) is 11.5 Å². The second kappa shape index (κ2) is 13.2. The van der Waals surface area contributed by atoms with Gasteiger partial charge in [-0.2, -0.15) is 13.5 Å². The minimum absolute atomic E-state index is 0.0920. The van der Waals surface area contributed by atoms with Gasteiger partial charge in [0.25, 0.3) is 16.0 Å². The molecule has 0 spiro atoms. The molecule has 0 radical (unpaired) electrons. The second-order valence-corrected chi connectivity index (χ2v) is 11.6. The number of hydrogen-bond acceptors (Lipinski definition) is 8. The molecule has 12 nitrogen and oxygen atoms in total. The lowest BCUT2D eigenvalue weighted by Gasteiger charge is -2.30. The van der Waals surface area contributed by atoms with Crippen LogP contribution in [0.4, 0.5) is 10.5 Å². The molecule has 2 N–H and O–H groups in total. The van der Waals surface area contributed by atoms with Gasteiger partial charge >= 0.3 is 6.09 Å². The first-order valence-corrected chi connectivity index (χ1v) is 15.4. The first-order chi connectivity index (χ1) is 21.1. The molecule has 5 rings (SSSR count). The number of ether oxygens (including phenoxy) is 3. The van der Waals surface area contributed by atoms with Crippen LogP contribution in [0.1, 0.15) is 27.0 Å². The zero-order chi connectivity index (χ0) is 31.3. The molecular formula is C31H32N4O8S. The van der Waals surface area contributed by atoms with E-state index in [0.29, 0.717) is 31.1 Å². The highest BCUT2D eigenvalue weighted by Crippen LogP contribution is 2.40. The summed E-state index contributed by atoms with van der Waals surface area (Å²) >= 11 is 0. The van der Waals surface area contributed by atoms with Crippen molar-refractivity contribution in [1.29, 1.82) is 0 Å². The fourth-order valence-electron chi connectivity index (χ4n) is 4.75. The van der Waals surface area contributed by atoms with Crippen molar-refractivity contribution in [3.63, 3.8) is 0 Å². The lowest BCUT2D eigenvalue weighted by atomic mass is 10.1. The number of benzene rings is 3. The molecule has 0 fully saturated rings. The summed E-state index contributed by atoms with van der Waals surface area (Å²) < 4.78 is 49.8. The van der Waals surface area contributed by atoms with Gasteiger partial charge in [0.2, 0.25) is 0 Å². The van der Waals surface area contributed by atoms with Gasteiger partial charge in [0.05, 0.1) is 25.0 Å². The highest BCUT2D eigenvalue weighted by atomic mass is 32.2. The smallest absolute Gasteiger partial charge is 0.414 e. The number of hydrogen-bond donors (Lipinski definition) is 2. The van der Waals surface area contributed by atoms with Gasteiger partial charge in [-0.1, -0.05) is 36.4 Å². The van der Waals surface area contributed by atoms with Gasteiger partial charge < -0.3 is 19.5 Å². The van der Waals surface area contributed by atoms with E-state index in [1.807, 2.05) is 56.4 Å². The number of nitrogens with zero attached hydrogens (tertiary/aromatic N) is 3. The van der Waals surface area contributed by atoms with Crippen molar-refractivity contribution >= 4 is 27.8 Å². The van der Waals surface area contributed by atoms with E-state index in [0.717, 1.165) is 33.6 Å². The van der Waals surface area contributed by atoms with E-state index in [1.165, 1.54) is 0 Å². The number of aromatic nitrogens is 2. The zero-order valence-electron chi connectivity index (χ0n) is 24.2. The SMILES string of the molecule is Cc1cccc(OCCOC(=O)N2CCOc3c(-c4cnn(Cc5cccc(C(=O)NCS(=O)(=O)O)c5)c4)cccc32)c1C. The van der Waals surface area contributed by atoms with Crippen LogP contribution in [0.3, 0.4) is 0 Å². The Morgan fingerprint density at radius 1 is 1.07 bits per heavy atom. The molecule has 230 valence electrons. The molecule has 1 aliphatic heterocycles. The monoisotopic (exact) mass is 620 g/mol. The lowest BCUT2D eigenvalue weighted by molar-refractivity contribution is 0.0958. The number of aryl methyl sites for hydroxylation is 1. The predicted octanol–water partition coefficient (Wildman–Crippen LogP) is 4.20. The molecule has 44 heavy (non-hydrogen) atoms. The number of anilines is 1. The third-order valence-electron chi connectivity index (χ3n) is 7.08. The van der Waals surface area contributed by atoms with Crippen LogP contribution in [-0.4, -0.2) is 67.0 Å². The van der Waals surface area contributed by atoms with Crippen LogP contribution < -0.4 is 19.7 Å². The van der Waals surface area contributed by atoms with Crippen LogP contribution in [-0.2, 0) is 21.4 Å². The summed E-state index contributed by atoms with van der Waals surface area (Å²) in [5.74, 6) is -0.203. The normalized spacial score (nSPS) is 12.7. The van der Waals surface area contributed by atoms with Gasteiger partial charge in [-0.25, -0.2) is 4.79 Å². The molecule has 4 aromatic rings. The van der Waals surface area contributed by atoms with Crippen LogP contribution >= 0.6 is 0 Å². The van der Waals surface area contributed by atoms with E-state index in [-0.39, 0.29) is 18.8 Å². The van der Waals surface area contributed by atoms with Crippen LogP contribution in [0, 0.1) is 13.8 Å². The summed E-state index contributed by atoms with van der Waals surface area (Å²) in [5.41, 5.74) is 5.27. The molecule has 0 bridgehead atoms. The van der Waals surface area contributed by atoms with Crippen molar-refractivity contribution in [3.05, 3.63) is 95.3 Å². The summed E-state index contributed by atoms with van der Waals surface area (Å²) in [7, 11) is -4.33. The van der Waals surface area contributed by atoms with E-state index >= 15 is 0 Å². The van der Waals surface area contributed by atoms with Crippen molar-refractivity contribution in [2.45, 2.75) is 20.4 Å². The molecule has 3 aromatic carbocycles. The third kappa shape index (κ3) is 7.36. The van der Waals surface area contributed by atoms with Gasteiger partial charge in [0.15, 0.2) is 5.75 Å². The van der Waals surface area contributed by atoms with E-state index in [9.17, 15) is 18.0 Å². The van der Waals surface area contributed by atoms with E-state index < -0.39 is 28.0 Å². The topological polar surface area (TPSA) is 149 Å². The molecule has 0 saturated heterocycles. The molecule has 1 aromatic heterocycles. The summed E-state index contributed by atoms with van der Waals surface area (Å²) in [5, 5.41) is 6.61. The average Bonchev–Trinajstić information content (AvgIpc) is 3.47. The Kier molecular flexibility index (Phi) is 9.16. The average molecular weight is 621 g/mol. The van der Waals surface area contributed by atoms with Crippen molar-refractivity contribution in [2.24, 2.45) is 0 Å². The van der Waals surface area contributed by atoms with E-state index in [1.54, 1.807) is 40.0 Å². The molecule has 0 aliphatic carbocycles. The Bertz CT molecular complexity index is 1790. The number of nitrogens with one attached hydrogen (secondary N) is 1. The fraction of sp³-hybridized carbons (Fsp3) is 0.258. The van der Waals surface area contributed by atoms with E-state index in [2.05, 4.69) is 10.4 Å². The van der Waals surface area contributed by atoms with Gasteiger partial charge in [-0.05, 0) is 54.8 Å². The Balaban J connectivity index is 1.24. The molecular weight excluding hydrogens is 588 g/mol. The lowest BCUT2D eigenvalue weighted by Crippen LogP contribution is -2.39. The predicted molar refractivity (Wildman–Crippen MR) is 163 cm³/mol. The van der Waals surface area contributed by atoms with Gasteiger partial charge in [-0.3, -0.25) is 18.9 Å². The fourth-order valence-corrected chi connectivity index (χ4v) is 5.06. The second-order valence-electron chi connectivity index (χ2n) is 10.2. The number of para-hydroxylation sites is 1. The van der Waals surface area contributed by atoms with Crippen LogP contribution in [0.15, 0.2) is 73.1 Å². The Hall–Kier alpha value is -4.88. The first-order valence-electron chi connectivity index (χ1n) is 13.8. The van der Waals surface area contributed by atoms with Gasteiger partial charge in [-0.15, -0.1) is 0 Å². The summed E-state index contributed by atoms with van der Waals surface area (Å²) in [6.45, 7) is 5.27. The number of amides is 2. The Labute approximate surface area is 254 Å². The maximum atomic E-state index is 13.0. The summed E-state index contributed by atoms with van der Waals surface area (Å²) in [6, 6.07) is 18.0. The largest absolute Gasteiger partial charge is 0.490 e. The van der Waals surface area contributed by atoms with Gasteiger partial charge in [0, 0.05) is 22.9 Å². The Morgan fingerprint density at radius 2 is 1.86 bits per heavy atom. The number of carbonyl (C=O) groups excluding carboxylic acids is 2. The van der Waals surface area contributed by atoms with Crippen molar-refractivity contribution < 1.29 is 36.8 Å². The number of fused-ring (bicyclic) bond motifs is 1. The molecule has 2 amide bonds. The molecule has 0 unspecified atom stereocenters. The zero-order valence-corrected chi connectivity index (χ0v) is 25.0. The maximum absolute atomic E-state index is 13.0. The number of carbonyl (C=O) groups is 2. The first kappa shape index (κ1) is 30.6. The maximum Gasteiger partial charge on any atom is 0.414 e. The molecule has 0 atom stereocenters. The minimum atomic E-state index is -4.33. The Morgan fingerprint density at radius 3 is 2.68 bits per heavy atom.